The third-order valence-electron chi connectivity index (χ3n) is 4.61. The number of thioether (sulfide) groups is 1. The number of nitrogens with one attached hydrogen (secondary N) is 1. The molecule has 1 aliphatic heterocycles. The molecule has 1 aromatic carbocycles. The van der Waals surface area contributed by atoms with E-state index in [2.05, 4.69) is 26.2 Å². The molecule has 29 heavy (non-hydrogen) atoms. The van der Waals surface area contributed by atoms with Gasteiger partial charge >= 0.3 is 0 Å². The second kappa shape index (κ2) is 8.40. The van der Waals surface area contributed by atoms with Crippen LogP contribution in [0.25, 0.3) is 0 Å². The molecule has 1 aliphatic rings. The summed E-state index contributed by atoms with van der Waals surface area (Å²) in [7, 11) is 0. The molecule has 1 N–H and O–H groups in total. The Morgan fingerprint density at radius 3 is 2.72 bits per heavy atom. The van der Waals surface area contributed by atoms with Gasteiger partial charge < -0.3 is 5.32 Å². The topological polar surface area (TPSA) is 59.1 Å². The second-order valence-corrected chi connectivity index (χ2v) is 10.1. The number of carbonyl (C=O) groups is 2. The Kier molecular flexibility index (Phi) is 6.04. The Morgan fingerprint density at radius 1 is 1.21 bits per heavy atom. The van der Waals surface area contributed by atoms with Crippen LogP contribution in [0.5, 0.6) is 0 Å². The van der Waals surface area contributed by atoms with Crippen molar-refractivity contribution in [1.82, 2.24) is 10.3 Å². The van der Waals surface area contributed by atoms with Crippen LogP contribution in [0.4, 0.5) is 0 Å². The molecule has 1 fully saturated rings. The fourth-order valence-corrected chi connectivity index (χ4v) is 5.84. The van der Waals surface area contributed by atoms with Gasteiger partial charge in [-0.3, -0.25) is 9.59 Å². The molecule has 1 saturated heterocycles. The van der Waals surface area contributed by atoms with Crippen LogP contribution < -0.4 is 5.32 Å². The van der Waals surface area contributed by atoms with E-state index in [1.165, 1.54) is 11.3 Å². The Balaban J connectivity index is 1.71. The summed E-state index contributed by atoms with van der Waals surface area (Å²) in [5.41, 5.74) is 0.433. The van der Waals surface area contributed by atoms with E-state index in [9.17, 15) is 9.59 Å². The van der Waals surface area contributed by atoms with E-state index in [0.717, 1.165) is 17.3 Å². The van der Waals surface area contributed by atoms with Gasteiger partial charge in [0.05, 0.1) is 10.7 Å². The van der Waals surface area contributed by atoms with Gasteiger partial charge in [-0.1, -0.05) is 29.3 Å². The van der Waals surface area contributed by atoms with Gasteiger partial charge in [0.2, 0.25) is 5.91 Å². The first-order chi connectivity index (χ1) is 13.9. The molecular weight excluding hydrogens is 515 g/mol. The van der Waals surface area contributed by atoms with Crippen LogP contribution in [-0.2, 0) is 15.1 Å². The van der Waals surface area contributed by atoms with Crippen molar-refractivity contribution < 1.29 is 9.59 Å². The summed E-state index contributed by atoms with van der Waals surface area (Å²) in [6.07, 6.45) is 0.0920. The predicted octanol–water partition coefficient (Wildman–Crippen LogP) is 5.71. The number of benzene rings is 1. The van der Waals surface area contributed by atoms with Crippen LogP contribution >= 0.6 is 62.2 Å². The van der Waals surface area contributed by atoms with Crippen molar-refractivity contribution in [3.05, 3.63) is 79.1 Å². The number of halogens is 3. The number of rotatable bonds is 4. The van der Waals surface area contributed by atoms with Crippen molar-refractivity contribution in [2.24, 2.45) is 0 Å². The molecule has 2 atom stereocenters. The van der Waals surface area contributed by atoms with E-state index in [1.807, 2.05) is 29.0 Å². The third-order valence-corrected chi connectivity index (χ3v) is 7.72. The molecule has 3 aromatic rings. The summed E-state index contributed by atoms with van der Waals surface area (Å²) in [5, 5.41) is 6.95. The molecule has 148 valence electrons. The van der Waals surface area contributed by atoms with E-state index in [4.69, 9.17) is 23.2 Å². The van der Waals surface area contributed by atoms with Crippen molar-refractivity contribution >= 4 is 73.9 Å². The van der Waals surface area contributed by atoms with Gasteiger partial charge in [-0.25, -0.2) is 4.98 Å². The fourth-order valence-electron chi connectivity index (χ4n) is 3.26. The lowest BCUT2D eigenvalue weighted by Crippen LogP contribution is -2.58. The van der Waals surface area contributed by atoms with Crippen molar-refractivity contribution in [2.45, 2.75) is 22.1 Å². The molecular formula is C20H13BrCl2N2O2S2. The highest BCUT2D eigenvalue weighted by atomic mass is 79.9. The molecule has 0 aliphatic carbocycles. The maximum atomic E-state index is 13.2. The number of Topliss-reactive ketones (excluding diaryl/α,β-unsaturated/α-hetero) is 1. The second-order valence-electron chi connectivity index (χ2n) is 6.47. The van der Waals surface area contributed by atoms with Crippen molar-refractivity contribution in [1.29, 1.82) is 0 Å². The van der Waals surface area contributed by atoms with Crippen LogP contribution in [0.15, 0.2) is 62.7 Å². The average Bonchev–Trinajstić information content (AvgIpc) is 3.22. The van der Waals surface area contributed by atoms with Crippen molar-refractivity contribution in [3.8, 4) is 0 Å². The standard InChI is InChI=1S/C20H13BrCl2N2O2S2/c21-17-3-1-2-16(24-17)20(11-6-7-28-10-11)9-14(26)18(19(27)25-20)29-15-8-12(22)4-5-13(15)23/h1-8,10,18H,9H2,(H,25,27). The van der Waals surface area contributed by atoms with Gasteiger partial charge in [-0.2, -0.15) is 11.3 Å². The largest absolute Gasteiger partial charge is 0.339 e. The Labute approximate surface area is 194 Å². The Bertz CT molecular complexity index is 1070. The number of aromatic nitrogens is 1. The van der Waals surface area contributed by atoms with E-state index >= 15 is 0 Å². The molecule has 4 rings (SSSR count). The highest BCUT2D eigenvalue weighted by Gasteiger charge is 2.48. The zero-order chi connectivity index (χ0) is 20.6. The minimum atomic E-state index is -1.01. The first-order valence-corrected chi connectivity index (χ1v) is 11.9. The zero-order valence-electron chi connectivity index (χ0n) is 14.7. The van der Waals surface area contributed by atoms with Gasteiger partial charge in [0.15, 0.2) is 5.78 Å². The lowest BCUT2D eigenvalue weighted by Gasteiger charge is -2.39. The number of amides is 1. The monoisotopic (exact) mass is 526 g/mol. The summed E-state index contributed by atoms with van der Waals surface area (Å²) >= 11 is 18.3. The smallest absolute Gasteiger partial charge is 0.242 e. The lowest BCUT2D eigenvalue weighted by molar-refractivity contribution is -0.133. The van der Waals surface area contributed by atoms with Gasteiger partial charge in [-0.05, 0) is 68.7 Å². The molecule has 3 heterocycles. The number of ketones is 1. The van der Waals surface area contributed by atoms with E-state index in [0.29, 0.717) is 25.2 Å². The van der Waals surface area contributed by atoms with Crippen molar-refractivity contribution in [2.75, 3.05) is 0 Å². The number of nitrogens with zero attached hydrogens (tertiary/aromatic N) is 1. The molecule has 9 heteroatoms. The number of hydrogen-bond acceptors (Lipinski definition) is 5. The molecule has 0 spiro atoms. The SMILES string of the molecule is O=C1CC(c2ccsc2)(c2cccc(Br)n2)NC(=O)C1Sc1cc(Cl)ccc1Cl. The van der Waals surface area contributed by atoms with E-state index in [-0.39, 0.29) is 18.1 Å². The van der Waals surface area contributed by atoms with Crippen LogP contribution in [0.1, 0.15) is 17.7 Å². The quantitative estimate of drug-likeness (QED) is 0.349. The van der Waals surface area contributed by atoms with Crippen molar-refractivity contribution in [3.63, 3.8) is 0 Å². The maximum Gasteiger partial charge on any atom is 0.242 e. The van der Waals surface area contributed by atoms with Gasteiger partial charge in [-0.15, -0.1) is 11.8 Å². The predicted molar refractivity (Wildman–Crippen MR) is 121 cm³/mol. The Morgan fingerprint density at radius 2 is 2.03 bits per heavy atom. The van der Waals surface area contributed by atoms with E-state index in [1.54, 1.807) is 24.3 Å². The van der Waals surface area contributed by atoms with Gasteiger partial charge in [0.1, 0.15) is 15.4 Å². The van der Waals surface area contributed by atoms with Gasteiger partial charge in [0, 0.05) is 16.3 Å². The number of thiophene rings is 1. The minimum Gasteiger partial charge on any atom is -0.339 e. The van der Waals surface area contributed by atoms with Crippen LogP contribution in [0, 0.1) is 0 Å². The summed E-state index contributed by atoms with van der Waals surface area (Å²) in [4.78, 5) is 31.4. The third kappa shape index (κ3) is 4.11. The van der Waals surface area contributed by atoms with E-state index < -0.39 is 10.8 Å². The highest BCUT2D eigenvalue weighted by Crippen LogP contribution is 2.41. The fraction of sp³-hybridized carbons (Fsp3) is 0.150. The molecule has 2 aromatic heterocycles. The minimum absolute atomic E-state index is 0.0920. The number of hydrogen-bond donors (Lipinski definition) is 1. The molecule has 0 bridgehead atoms. The highest BCUT2D eigenvalue weighted by molar-refractivity contribution is 9.10. The molecule has 0 saturated carbocycles. The van der Waals surface area contributed by atoms with Crippen LogP contribution in [-0.4, -0.2) is 21.9 Å². The Hall–Kier alpha value is -1.38. The number of pyridine rings is 1. The van der Waals surface area contributed by atoms with Crippen LogP contribution in [0.2, 0.25) is 10.0 Å². The number of carbonyl (C=O) groups excluding carboxylic acids is 2. The maximum absolute atomic E-state index is 13.2. The first kappa shape index (κ1) is 20.9. The molecule has 0 radical (unpaired) electrons. The summed E-state index contributed by atoms with van der Waals surface area (Å²) < 4.78 is 0.633. The summed E-state index contributed by atoms with van der Waals surface area (Å²) in [6.45, 7) is 0. The molecule has 1 amide bonds. The summed E-state index contributed by atoms with van der Waals surface area (Å²) in [5.74, 6) is -0.571. The van der Waals surface area contributed by atoms with Gasteiger partial charge in [0.25, 0.3) is 0 Å². The average molecular weight is 528 g/mol. The molecule has 4 nitrogen and oxygen atoms in total. The first-order valence-electron chi connectivity index (χ1n) is 8.51. The molecule has 2 unspecified atom stereocenters. The normalized spacial score (nSPS) is 21.8. The van der Waals surface area contributed by atoms with Crippen LogP contribution in [0.3, 0.4) is 0 Å². The number of piperidine rings is 1. The lowest BCUT2D eigenvalue weighted by atomic mass is 9.79. The zero-order valence-corrected chi connectivity index (χ0v) is 19.4. The summed E-state index contributed by atoms with van der Waals surface area (Å²) in [6, 6.07) is 12.3.